The molecular formula is C16H24N4. The van der Waals surface area contributed by atoms with E-state index in [0.29, 0.717) is 11.9 Å². The summed E-state index contributed by atoms with van der Waals surface area (Å²) in [6.07, 6.45) is 9.23. The van der Waals surface area contributed by atoms with E-state index in [1.165, 1.54) is 19.3 Å². The van der Waals surface area contributed by atoms with Crippen LogP contribution < -0.4 is 5.73 Å². The fourth-order valence-electron chi connectivity index (χ4n) is 2.45. The predicted molar refractivity (Wildman–Crippen MR) is 83.3 cm³/mol. The average Bonchev–Trinajstić information content (AvgIpc) is 2.87. The molecule has 2 N–H and O–H groups in total. The second-order valence-corrected chi connectivity index (χ2v) is 5.83. The molecule has 0 aliphatic rings. The highest BCUT2D eigenvalue weighted by Crippen LogP contribution is 2.26. The van der Waals surface area contributed by atoms with Crippen molar-refractivity contribution in [3.05, 3.63) is 30.9 Å². The van der Waals surface area contributed by atoms with Gasteiger partial charge in [-0.1, -0.05) is 26.7 Å². The third-order valence-electron chi connectivity index (χ3n) is 3.62. The van der Waals surface area contributed by atoms with Gasteiger partial charge in [-0.3, -0.25) is 0 Å². The molecule has 0 saturated carbocycles. The van der Waals surface area contributed by atoms with Crippen LogP contribution in [0, 0.1) is 5.92 Å². The predicted octanol–water partition coefficient (Wildman–Crippen LogP) is 3.91. The van der Waals surface area contributed by atoms with Crippen LogP contribution in [0.15, 0.2) is 30.9 Å². The summed E-state index contributed by atoms with van der Waals surface area (Å²) >= 11 is 0. The zero-order chi connectivity index (χ0) is 14.5. The van der Waals surface area contributed by atoms with Gasteiger partial charge in [0.05, 0.1) is 18.2 Å². The zero-order valence-electron chi connectivity index (χ0n) is 12.6. The Morgan fingerprint density at radius 1 is 1.25 bits per heavy atom. The largest absolute Gasteiger partial charge is 0.384 e. The van der Waals surface area contributed by atoms with Gasteiger partial charge in [0, 0.05) is 17.8 Å². The van der Waals surface area contributed by atoms with Gasteiger partial charge in [0.15, 0.2) is 0 Å². The van der Waals surface area contributed by atoms with Crippen LogP contribution in [0.25, 0.3) is 11.3 Å². The summed E-state index contributed by atoms with van der Waals surface area (Å²) in [6.45, 7) is 6.79. The Labute approximate surface area is 121 Å². The van der Waals surface area contributed by atoms with E-state index in [1.807, 2.05) is 24.7 Å². The van der Waals surface area contributed by atoms with E-state index in [4.69, 9.17) is 5.73 Å². The lowest BCUT2D eigenvalue weighted by Gasteiger charge is -2.17. The van der Waals surface area contributed by atoms with Crippen LogP contribution >= 0.6 is 0 Å². The first kappa shape index (κ1) is 14.6. The number of hydrogen-bond acceptors (Lipinski definition) is 3. The van der Waals surface area contributed by atoms with Gasteiger partial charge in [-0.2, -0.15) is 0 Å². The zero-order valence-corrected chi connectivity index (χ0v) is 12.6. The Morgan fingerprint density at radius 3 is 2.75 bits per heavy atom. The summed E-state index contributed by atoms with van der Waals surface area (Å²) < 4.78 is 2.23. The van der Waals surface area contributed by atoms with E-state index in [-0.39, 0.29) is 0 Å². The van der Waals surface area contributed by atoms with Crippen LogP contribution in [0.4, 0.5) is 5.82 Å². The number of anilines is 1. The highest BCUT2D eigenvalue weighted by molar-refractivity contribution is 5.61. The molecule has 4 nitrogen and oxygen atoms in total. The van der Waals surface area contributed by atoms with Crippen molar-refractivity contribution in [2.75, 3.05) is 5.73 Å². The van der Waals surface area contributed by atoms with Gasteiger partial charge in [0.2, 0.25) is 0 Å². The van der Waals surface area contributed by atoms with Crippen LogP contribution in [0.1, 0.15) is 46.1 Å². The molecular weight excluding hydrogens is 248 g/mol. The lowest BCUT2D eigenvalue weighted by molar-refractivity contribution is 0.449. The second-order valence-electron chi connectivity index (χ2n) is 5.83. The molecule has 0 bridgehead atoms. The average molecular weight is 272 g/mol. The molecule has 0 fully saturated rings. The van der Waals surface area contributed by atoms with Crippen LogP contribution in [0.3, 0.4) is 0 Å². The van der Waals surface area contributed by atoms with Crippen molar-refractivity contribution in [2.45, 2.75) is 46.1 Å². The highest BCUT2D eigenvalue weighted by Gasteiger charge is 2.11. The molecule has 4 heteroatoms. The molecule has 2 aromatic rings. The SMILES string of the molecule is CC(C)CCCC(C)n1cncc1-c1ccnc(N)c1. The normalized spacial score (nSPS) is 12.8. The number of nitrogens with zero attached hydrogens (tertiary/aromatic N) is 3. The molecule has 0 spiro atoms. The molecule has 0 aliphatic heterocycles. The summed E-state index contributed by atoms with van der Waals surface area (Å²) in [5.74, 6) is 1.31. The standard InChI is InChI=1S/C16H24N4/c1-12(2)5-4-6-13(3)20-11-18-10-15(20)14-7-8-19-16(17)9-14/h7-13H,4-6H2,1-3H3,(H2,17,19). The fraction of sp³-hybridized carbons (Fsp3) is 0.500. The van der Waals surface area contributed by atoms with Gasteiger partial charge in [0.25, 0.3) is 0 Å². The molecule has 1 unspecified atom stereocenters. The smallest absolute Gasteiger partial charge is 0.123 e. The Bertz CT molecular complexity index is 545. The molecule has 1 atom stereocenters. The highest BCUT2D eigenvalue weighted by atomic mass is 15.1. The number of nitrogen functional groups attached to an aromatic ring is 1. The van der Waals surface area contributed by atoms with Gasteiger partial charge in [-0.05, 0) is 31.4 Å². The summed E-state index contributed by atoms with van der Waals surface area (Å²) in [5, 5.41) is 0. The van der Waals surface area contributed by atoms with E-state index in [2.05, 4.69) is 35.3 Å². The van der Waals surface area contributed by atoms with E-state index < -0.39 is 0 Å². The van der Waals surface area contributed by atoms with Crippen LogP contribution in [0.5, 0.6) is 0 Å². The molecule has 108 valence electrons. The minimum atomic E-state index is 0.445. The third kappa shape index (κ3) is 3.59. The van der Waals surface area contributed by atoms with Crippen molar-refractivity contribution in [3.8, 4) is 11.3 Å². The number of pyridine rings is 1. The third-order valence-corrected chi connectivity index (χ3v) is 3.62. The first-order valence-corrected chi connectivity index (χ1v) is 7.31. The molecule has 2 heterocycles. The molecule has 0 amide bonds. The molecule has 20 heavy (non-hydrogen) atoms. The maximum absolute atomic E-state index is 5.76. The Balaban J connectivity index is 2.12. The second kappa shape index (κ2) is 6.55. The van der Waals surface area contributed by atoms with Crippen molar-refractivity contribution in [3.63, 3.8) is 0 Å². The number of aromatic nitrogens is 3. The molecule has 2 rings (SSSR count). The van der Waals surface area contributed by atoms with Crippen molar-refractivity contribution in [1.29, 1.82) is 0 Å². The lowest BCUT2D eigenvalue weighted by atomic mass is 10.0. The van der Waals surface area contributed by atoms with Crippen molar-refractivity contribution >= 4 is 5.82 Å². The van der Waals surface area contributed by atoms with Crippen molar-refractivity contribution in [1.82, 2.24) is 14.5 Å². The monoisotopic (exact) mass is 272 g/mol. The van der Waals surface area contributed by atoms with Crippen molar-refractivity contribution in [2.24, 2.45) is 5.92 Å². The van der Waals surface area contributed by atoms with Gasteiger partial charge in [-0.15, -0.1) is 0 Å². The van der Waals surface area contributed by atoms with Gasteiger partial charge < -0.3 is 10.3 Å². The minimum Gasteiger partial charge on any atom is -0.384 e. The first-order valence-electron chi connectivity index (χ1n) is 7.31. The fourth-order valence-corrected chi connectivity index (χ4v) is 2.45. The van der Waals surface area contributed by atoms with Gasteiger partial charge in [-0.25, -0.2) is 9.97 Å². The summed E-state index contributed by atoms with van der Waals surface area (Å²) in [4.78, 5) is 8.34. The van der Waals surface area contributed by atoms with Crippen LogP contribution in [0.2, 0.25) is 0 Å². The maximum Gasteiger partial charge on any atom is 0.123 e. The first-order chi connectivity index (χ1) is 9.58. The Hall–Kier alpha value is -1.84. The van der Waals surface area contributed by atoms with Crippen molar-refractivity contribution < 1.29 is 0 Å². The number of rotatable bonds is 6. The summed E-state index contributed by atoms with van der Waals surface area (Å²) in [5.41, 5.74) is 7.95. The van der Waals surface area contributed by atoms with E-state index in [9.17, 15) is 0 Å². The summed E-state index contributed by atoms with van der Waals surface area (Å²) in [6, 6.07) is 4.32. The molecule has 0 aliphatic carbocycles. The summed E-state index contributed by atoms with van der Waals surface area (Å²) in [7, 11) is 0. The maximum atomic E-state index is 5.76. The molecule has 0 aromatic carbocycles. The van der Waals surface area contributed by atoms with E-state index in [1.54, 1.807) is 6.20 Å². The lowest BCUT2D eigenvalue weighted by Crippen LogP contribution is -2.06. The number of imidazole rings is 1. The number of nitrogens with two attached hydrogens (primary N) is 1. The van der Waals surface area contributed by atoms with Gasteiger partial charge in [0.1, 0.15) is 5.82 Å². The van der Waals surface area contributed by atoms with Crippen LogP contribution in [-0.4, -0.2) is 14.5 Å². The Kier molecular flexibility index (Phi) is 4.77. The van der Waals surface area contributed by atoms with E-state index in [0.717, 1.165) is 17.2 Å². The Morgan fingerprint density at radius 2 is 2.05 bits per heavy atom. The number of hydrogen-bond donors (Lipinski definition) is 1. The van der Waals surface area contributed by atoms with E-state index >= 15 is 0 Å². The molecule has 0 saturated heterocycles. The topological polar surface area (TPSA) is 56.7 Å². The molecule has 2 aromatic heterocycles. The minimum absolute atomic E-state index is 0.445. The van der Waals surface area contributed by atoms with Gasteiger partial charge >= 0.3 is 0 Å². The van der Waals surface area contributed by atoms with Crippen LogP contribution in [-0.2, 0) is 0 Å². The molecule has 0 radical (unpaired) electrons. The quantitative estimate of drug-likeness (QED) is 0.867.